The highest BCUT2D eigenvalue weighted by Gasteiger charge is 2.35. The highest BCUT2D eigenvalue weighted by Crippen LogP contribution is 2.42. The van der Waals surface area contributed by atoms with E-state index >= 15 is 0 Å². The van der Waals surface area contributed by atoms with Gasteiger partial charge in [0.1, 0.15) is 5.84 Å². The Kier molecular flexibility index (Phi) is 2.18. The number of fused-ring (bicyclic) bond motifs is 3. The molecule has 2 nitrogen and oxygen atoms in total. The molecule has 2 aliphatic carbocycles. The lowest BCUT2D eigenvalue weighted by Gasteiger charge is -2.20. The third-order valence-corrected chi connectivity index (χ3v) is 4.66. The van der Waals surface area contributed by atoms with Gasteiger partial charge in [0, 0.05) is 11.0 Å². The lowest BCUT2D eigenvalue weighted by molar-refractivity contribution is 1.15. The summed E-state index contributed by atoms with van der Waals surface area (Å²) in [6, 6.07) is 14.7. The van der Waals surface area contributed by atoms with Crippen LogP contribution in [0, 0.1) is 5.41 Å². The van der Waals surface area contributed by atoms with Crippen molar-refractivity contribution in [3.63, 3.8) is 0 Å². The van der Waals surface area contributed by atoms with Crippen molar-refractivity contribution in [3.8, 4) is 0 Å². The maximum absolute atomic E-state index is 8.66. The molecule has 1 aliphatic heterocycles. The third kappa shape index (κ3) is 1.41. The average Bonchev–Trinajstić information content (AvgIpc) is 3.19. The van der Waals surface area contributed by atoms with Gasteiger partial charge in [0.15, 0.2) is 0 Å². The van der Waals surface area contributed by atoms with Gasteiger partial charge in [-0.15, -0.1) is 0 Å². The fourth-order valence-electron chi connectivity index (χ4n) is 3.66. The summed E-state index contributed by atoms with van der Waals surface area (Å²) in [5.41, 5.74) is 5.96. The van der Waals surface area contributed by atoms with E-state index in [0.29, 0.717) is 5.84 Å². The summed E-state index contributed by atoms with van der Waals surface area (Å²) in [4.78, 5) is 2.12. The van der Waals surface area contributed by atoms with E-state index < -0.39 is 0 Å². The zero-order valence-electron chi connectivity index (χ0n) is 12.0. The Bertz CT molecular complexity index is 965. The number of hydrogen-bond acceptors (Lipinski definition) is 1. The molecule has 3 aliphatic rings. The number of allylic oxidation sites excluding steroid dienone is 6. The Balaban J connectivity index is 1.68. The summed E-state index contributed by atoms with van der Waals surface area (Å²) in [6.07, 6.45) is 8.54. The van der Waals surface area contributed by atoms with Crippen LogP contribution < -0.4 is 4.90 Å². The molecule has 22 heavy (non-hydrogen) atoms. The lowest BCUT2D eigenvalue weighted by Crippen LogP contribution is -2.24. The van der Waals surface area contributed by atoms with Gasteiger partial charge in [-0.3, -0.25) is 5.41 Å². The zero-order valence-corrected chi connectivity index (χ0v) is 12.0. The predicted octanol–water partition coefficient (Wildman–Crippen LogP) is 4.37. The molecular weight excluding hydrogens is 268 g/mol. The molecule has 0 bridgehead atoms. The van der Waals surface area contributed by atoms with Crippen LogP contribution in [-0.4, -0.2) is 12.4 Å². The third-order valence-electron chi connectivity index (χ3n) is 4.66. The SMILES string of the molecule is N=C1C2=C3C=CC=C3C=C2CN1c1cccc2ccccc12. The van der Waals surface area contributed by atoms with E-state index in [-0.39, 0.29) is 0 Å². The molecule has 1 heterocycles. The maximum atomic E-state index is 8.66. The molecule has 0 amide bonds. The minimum atomic E-state index is 0.618. The van der Waals surface area contributed by atoms with E-state index in [1.807, 2.05) is 0 Å². The molecule has 104 valence electrons. The van der Waals surface area contributed by atoms with Crippen LogP contribution >= 0.6 is 0 Å². The summed E-state index contributed by atoms with van der Waals surface area (Å²) in [6.45, 7) is 0.789. The summed E-state index contributed by atoms with van der Waals surface area (Å²) < 4.78 is 0. The second-order valence-electron chi connectivity index (χ2n) is 5.87. The molecule has 2 aromatic rings. The van der Waals surface area contributed by atoms with Gasteiger partial charge in [-0.25, -0.2) is 0 Å². The summed E-state index contributed by atoms with van der Waals surface area (Å²) in [5, 5.41) is 11.1. The number of nitrogens with zero attached hydrogens (tertiary/aromatic N) is 1. The number of amidine groups is 1. The number of benzene rings is 2. The number of rotatable bonds is 1. The molecule has 0 unspecified atom stereocenters. The van der Waals surface area contributed by atoms with Crippen LogP contribution in [0.25, 0.3) is 10.8 Å². The molecule has 2 aromatic carbocycles. The highest BCUT2D eigenvalue weighted by molar-refractivity contribution is 6.19. The van der Waals surface area contributed by atoms with Crippen molar-refractivity contribution < 1.29 is 0 Å². The van der Waals surface area contributed by atoms with Gasteiger partial charge in [0.2, 0.25) is 0 Å². The summed E-state index contributed by atoms with van der Waals surface area (Å²) in [7, 11) is 0. The lowest BCUT2D eigenvalue weighted by atomic mass is 10.1. The van der Waals surface area contributed by atoms with Gasteiger partial charge >= 0.3 is 0 Å². The molecule has 1 saturated heterocycles. The number of nitrogens with one attached hydrogen (secondary N) is 1. The van der Waals surface area contributed by atoms with E-state index in [1.54, 1.807) is 0 Å². The van der Waals surface area contributed by atoms with Crippen molar-refractivity contribution in [3.05, 3.63) is 89.1 Å². The topological polar surface area (TPSA) is 27.1 Å². The Morgan fingerprint density at radius 1 is 1.00 bits per heavy atom. The van der Waals surface area contributed by atoms with Crippen LogP contribution in [0.4, 0.5) is 5.69 Å². The molecule has 1 fully saturated rings. The first-order valence-electron chi connectivity index (χ1n) is 7.51. The van der Waals surface area contributed by atoms with Gasteiger partial charge in [-0.2, -0.15) is 0 Å². The predicted molar refractivity (Wildman–Crippen MR) is 91.4 cm³/mol. The van der Waals surface area contributed by atoms with Crippen molar-refractivity contribution >= 4 is 22.3 Å². The number of hydrogen-bond donors (Lipinski definition) is 1. The van der Waals surface area contributed by atoms with Crippen LogP contribution in [0.2, 0.25) is 0 Å². The van der Waals surface area contributed by atoms with Crippen LogP contribution in [0.1, 0.15) is 0 Å². The Labute approximate surface area is 128 Å². The standard InChI is InChI=1S/C20H14N2/c21-20-19-15(11-14-7-3-9-17(14)19)12-22(20)18-10-4-6-13-5-1-2-8-16(13)18/h1-11,21H,12H2. The van der Waals surface area contributed by atoms with Gasteiger partial charge in [-0.1, -0.05) is 54.6 Å². The van der Waals surface area contributed by atoms with Crippen molar-refractivity contribution in [1.82, 2.24) is 0 Å². The largest absolute Gasteiger partial charge is 0.321 e. The molecule has 0 radical (unpaired) electrons. The zero-order chi connectivity index (χ0) is 14.7. The van der Waals surface area contributed by atoms with E-state index in [2.05, 4.69) is 71.7 Å². The van der Waals surface area contributed by atoms with E-state index in [1.165, 1.54) is 27.5 Å². The van der Waals surface area contributed by atoms with Crippen LogP contribution in [0.5, 0.6) is 0 Å². The first-order chi connectivity index (χ1) is 10.8. The number of anilines is 1. The Hall–Kier alpha value is -2.87. The normalized spacial score (nSPS) is 18.9. The van der Waals surface area contributed by atoms with Crippen molar-refractivity contribution in [2.75, 3.05) is 11.4 Å². The Morgan fingerprint density at radius 2 is 1.86 bits per heavy atom. The van der Waals surface area contributed by atoms with Gasteiger partial charge in [-0.05, 0) is 34.2 Å². The molecule has 0 aromatic heterocycles. The molecular formula is C20H14N2. The molecule has 0 spiro atoms. The molecule has 0 saturated carbocycles. The molecule has 0 atom stereocenters. The second kappa shape index (κ2) is 4.08. The van der Waals surface area contributed by atoms with E-state index in [9.17, 15) is 0 Å². The van der Waals surface area contributed by atoms with Crippen LogP contribution in [0.3, 0.4) is 0 Å². The van der Waals surface area contributed by atoms with Crippen molar-refractivity contribution in [1.29, 1.82) is 5.41 Å². The van der Waals surface area contributed by atoms with Crippen molar-refractivity contribution in [2.24, 2.45) is 0 Å². The maximum Gasteiger partial charge on any atom is 0.133 e. The fourth-order valence-corrected chi connectivity index (χ4v) is 3.66. The average molecular weight is 282 g/mol. The molecule has 1 N–H and O–H groups in total. The minimum Gasteiger partial charge on any atom is -0.321 e. The van der Waals surface area contributed by atoms with E-state index in [0.717, 1.165) is 17.8 Å². The van der Waals surface area contributed by atoms with Crippen LogP contribution in [0.15, 0.2) is 89.1 Å². The first-order valence-corrected chi connectivity index (χ1v) is 7.51. The summed E-state index contributed by atoms with van der Waals surface area (Å²) >= 11 is 0. The van der Waals surface area contributed by atoms with Crippen LogP contribution in [-0.2, 0) is 0 Å². The van der Waals surface area contributed by atoms with Crippen molar-refractivity contribution in [2.45, 2.75) is 0 Å². The fraction of sp³-hybridized carbons (Fsp3) is 0.0500. The monoisotopic (exact) mass is 282 g/mol. The summed E-state index contributed by atoms with van der Waals surface area (Å²) in [5.74, 6) is 0.618. The molecule has 5 rings (SSSR count). The second-order valence-corrected chi connectivity index (χ2v) is 5.87. The first kappa shape index (κ1) is 11.8. The van der Waals surface area contributed by atoms with Gasteiger partial charge in [0.05, 0.1) is 12.2 Å². The Morgan fingerprint density at radius 3 is 2.82 bits per heavy atom. The van der Waals surface area contributed by atoms with E-state index in [4.69, 9.17) is 5.41 Å². The highest BCUT2D eigenvalue weighted by atomic mass is 15.2. The van der Waals surface area contributed by atoms with Gasteiger partial charge in [0.25, 0.3) is 0 Å². The smallest absolute Gasteiger partial charge is 0.133 e. The molecule has 2 heteroatoms. The quantitative estimate of drug-likeness (QED) is 0.826. The minimum absolute atomic E-state index is 0.618. The van der Waals surface area contributed by atoms with Gasteiger partial charge < -0.3 is 4.90 Å².